The van der Waals surface area contributed by atoms with Crippen LogP contribution in [-0.2, 0) is 32.4 Å². The predicted octanol–water partition coefficient (Wildman–Crippen LogP) is 1.70. The van der Waals surface area contributed by atoms with Crippen LogP contribution in [0.2, 0.25) is 0 Å². The standard InChI is InChI=1S/C17H19NO4S/c1-23(20,21)16-10-6-5-9-14(16)11-15(18)17(19)22-12-13-7-3-2-4-8-13/h2-10,15H,11-12,18H2,1H3/t15-/m0/s1. The van der Waals surface area contributed by atoms with Crippen LogP contribution in [0.15, 0.2) is 59.5 Å². The van der Waals surface area contributed by atoms with Gasteiger partial charge in [0.25, 0.3) is 0 Å². The number of ether oxygens (including phenoxy) is 1. The lowest BCUT2D eigenvalue weighted by atomic mass is 10.1. The maximum atomic E-state index is 12.0. The van der Waals surface area contributed by atoms with Gasteiger partial charge in [-0.25, -0.2) is 8.42 Å². The summed E-state index contributed by atoms with van der Waals surface area (Å²) in [4.78, 5) is 12.2. The van der Waals surface area contributed by atoms with Gasteiger partial charge in [-0.05, 0) is 23.6 Å². The van der Waals surface area contributed by atoms with E-state index in [2.05, 4.69) is 0 Å². The highest BCUT2D eigenvalue weighted by atomic mass is 32.2. The summed E-state index contributed by atoms with van der Waals surface area (Å²) in [6.07, 6.45) is 1.24. The first kappa shape index (κ1) is 17.2. The van der Waals surface area contributed by atoms with E-state index in [4.69, 9.17) is 10.5 Å². The molecule has 0 heterocycles. The fourth-order valence-electron chi connectivity index (χ4n) is 2.19. The summed E-state index contributed by atoms with van der Waals surface area (Å²) in [5.74, 6) is -0.558. The average Bonchev–Trinajstić information content (AvgIpc) is 2.53. The highest BCUT2D eigenvalue weighted by Gasteiger charge is 2.20. The molecule has 0 aromatic heterocycles. The van der Waals surface area contributed by atoms with Crippen molar-refractivity contribution < 1.29 is 17.9 Å². The van der Waals surface area contributed by atoms with Gasteiger partial charge in [-0.2, -0.15) is 0 Å². The molecule has 0 spiro atoms. The number of hydrogen-bond donors (Lipinski definition) is 1. The number of rotatable bonds is 6. The van der Waals surface area contributed by atoms with Crippen LogP contribution in [0, 0.1) is 0 Å². The highest BCUT2D eigenvalue weighted by molar-refractivity contribution is 7.90. The zero-order valence-corrected chi connectivity index (χ0v) is 13.6. The van der Waals surface area contributed by atoms with E-state index in [1.165, 1.54) is 6.07 Å². The minimum Gasteiger partial charge on any atom is -0.460 e. The van der Waals surface area contributed by atoms with Crippen molar-refractivity contribution in [3.05, 3.63) is 65.7 Å². The van der Waals surface area contributed by atoms with Crippen LogP contribution >= 0.6 is 0 Å². The van der Waals surface area contributed by atoms with E-state index in [-0.39, 0.29) is 17.9 Å². The molecule has 0 radical (unpaired) electrons. The second kappa shape index (κ2) is 7.39. The van der Waals surface area contributed by atoms with Crippen molar-refractivity contribution in [2.45, 2.75) is 24.0 Å². The number of esters is 1. The Morgan fingerprint density at radius 3 is 2.35 bits per heavy atom. The van der Waals surface area contributed by atoms with Crippen LogP contribution in [0.3, 0.4) is 0 Å². The lowest BCUT2D eigenvalue weighted by Crippen LogP contribution is -2.34. The second-order valence-electron chi connectivity index (χ2n) is 5.28. The first-order valence-electron chi connectivity index (χ1n) is 7.12. The molecule has 0 fully saturated rings. The molecule has 122 valence electrons. The van der Waals surface area contributed by atoms with Crippen molar-refractivity contribution >= 4 is 15.8 Å². The topological polar surface area (TPSA) is 86.5 Å². The van der Waals surface area contributed by atoms with E-state index in [0.717, 1.165) is 11.8 Å². The molecule has 0 aliphatic rings. The summed E-state index contributed by atoms with van der Waals surface area (Å²) >= 11 is 0. The molecular formula is C17H19NO4S. The summed E-state index contributed by atoms with van der Waals surface area (Å²) in [6.45, 7) is 0.140. The van der Waals surface area contributed by atoms with Crippen LogP contribution in [-0.4, -0.2) is 26.7 Å². The molecule has 23 heavy (non-hydrogen) atoms. The van der Waals surface area contributed by atoms with E-state index < -0.39 is 21.8 Å². The summed E-state index contributed by atoms with van der Waals surface area (Å²) in [7, 11) is -3.37. The van der Waals surface area contributed by atoms with Gasteiger partial charge in [-0.3, -0.25) is 4.79 Å². The van der Waals surface area contributed by atoms with Crippen molar-refractivity contribution in [3.8, 4) is 0 Å². The van der Waals surface area contributed by atoms with Crippen molar-refractivity contribution in [1.82, 2.24) is 0 Å². The smallest absolute Gasteiger partial charge is 0.323 e. The molecule has 0 amide bonds. The molecule has 5 nitrogen and oxygen atoms in total. The largest absolute Gasteiger partial charge is 0.460 e. The SMILES string of the molecule is CS(=O)(=O)c1ccccc1C[C@H](N)C(=O)OCc1ccccc1. The Balaban J connectivity index is 2.02. The Labute approximate surface area is 136 Å². The van der Waals surface area contributed by atoms with Gasteiger partial charge < -0.3 is 10.5 Å². The molecular weight excluding hydrogens is 314 g/mol. The quantitative estimate of drug-likeness (QED) is 0.813. The number of nitrogens with two attached hydrogens (primary N) is 1. The monoisotopic (exact) mass is 333 g/mol. The van der Waals surface area contributed by atoms with Crippen molar-refractivity contribution in [3.63, 3.8) is 0 Å². The van der Waals surface area contributed by atoms with E-state index in [1.54, 1.807) is 18.2 Å². The van der Waals surface area contributed by atoms with Crippen LogP contribution in [0.5, 0.6) is 0 Å². The fourth-order valence-corrected chi connectivity index (χ4v) is 3.14. The summed E-state index contributed by atoms with van der Waals surface area (Å²) < 4.78 is 28.7. The van der Waals surface area contributed by atoms with Gasteiger partial charge in [-0.15, -0.1) is 0 Å². The van der Waals surface area contributed by atoms with Crippen LogP contribution in [0.4, 0.5) is 0 Å². The van der Waals surface area contributed by atoms with Gasteiger partial charge in [0.05, 0.1) is 4.90 Å². The van der Waals surface area contributed by atoms with Crippen molar-refractivity contribution in [2.75, 3.05) is 6.26 Å². The van der Waals surface area contributed by atoms with Gasteiger partial charge in [-0.1, -0.05) is 48.5 Å². The zero-order valence-electron chi connectivity index (χ0n) is 12.8. The molecule has 0 aliphatic heterocycles. The first-order chi connectivity index (χ1) is 10.9. The molecule has 6 heteroatoms. The molecule has 2 aromatic carbocycles. The Hall–Kier alpha value is -2.18. The third-order valence-electron chi connectivity index (χ3n) is 3.34. The average molecular weight is 333 g/mol. The third-order valence-corrected chi connectivity index (χ3v) is 4.54. The number of benzene rings is 2. The molecule has 0 saturated carbocycles. The maximum Gasteiger partial charge on any atom is 0.323 e. The molecule has 2 aromatic rings. The normalized spacial score (nSPS) is 12.6. The van der Waals surface area contributed by atoms with Gasteiger partial charge in [0.2, 0.25) is 0 Å². The molecule has 2 N–H and O–H groups in total. The lowest BCUT2D eigenvalue weighted by molar-refractivity contribution is -0.146. The number of sulfone groups is 1. The number of carbonyl (C=O) groups excluding carboxylic acids is 1. The molecule has 0 saturated heterocycles. The van der Waals surface area contributed by atoms with E-state index in [1.807, 2.05) is 30.3 Å². The molecule has 1 atom stereocenters. The van der Waals surface area contributed by atoms with Gasteiger partial charge >= 0.3 is 5.97 Å². The summed E-state index contributed by atoms with van der Waals surface area (Å²) in [6, 6.07) is 14.9. The Bertz CT molecular complexity index is 772. The van der Waals surface area contributed by atoms with E-state index >= 15 is 0 Å². The Kier molecular flexibility index (Phi) is 5.52. The highest BCUT2D eigenvalue weighted by Crippen LogP contribution is 2.17. The van der Waals surface area contributed by atoms with Crippen molar-refractivity contribution in [1.29, 1.82) is 0 Å². The third kappa shape index (κ3) is 4.91. The molecule has 0 unspecified atom stereocenters. The zero-order chi connectivity index (χ0) is 16.9. The molecule has 0 aliphatic carbocycles. The fraction of sp³-hybridized carbons (Fsp3) is 0.235. The minimum absolute atomic E-state index is 0.108. The maximum absolute atomic E-state index is 12.0. The van der Waals surface area contributed by atoms with Crippen LogP contribution in [0.1, 0.15) is 11.1 Å². The minimum atomic E-state index is -3.37. The molecule has 2 rings (SSSR count). The van der Waals surface area contributed by atoms with Gasteiger partial charge in [0.15, 0.2) is 9.84 Å². The number of hydrogen-bond acceptors (Lipinski definition) is 5. The van der Waals surface area contributed by atoms with Gasteiger partial charge in [0, 0.05) is 6.26 Å². The lowest BCUT2D eigenvalue weighted by Gasteiger charge is -2.13. The van der Waals surface area contributed by atoms with Crippen molar-refractivity contribution in [2.24, 2.45) is 5.73 Å². The van der Waals surface area contributed by atoms with E-state index in [9.17, 15) is 13.2 Å². The van der Waals surface area contributed by atoms with Crippen LogP contribution in [0.25, 0.3) is 0 Å². The van der Waals surface area contributed by atoms with Gasteiger partial charge in [0.1, 0.15) is 12.6 Å². The van der Waals surface area contributed by atoms with Crippen LogP contribution < -0.4 is 5.73 Å². The second-order valence-corrected chi connectivity index (χ2v) is 7.27. The predicted molar refractivity (Wildman–Crippen MR) is 87.5 cm³/mol. The number of carbonyl (C=O) groups is 1. The Morgan fingerprint density at radius 2 is 1.70 bits per heavy atom. The molecule has 0 bridgehead atoms. The summed E-state index contributed by atoms with van der Waals surface area (Å²) in [5.41, 5.74) is 7.23. The van der Waals surface area contributed by atoms with E-state index in [0.29, 0.717) is 5.56 Å². The first-order valence-corrected chi connectivity index (χ1v) is 9.01. The summed E-state index contributed by atoms with van der Waals surface area (Å²) in [5, 5.41) is 0. The Morgan fingerprint density at radius 1 is 1.09 bits per heavy atom.